The predicted octanol–water partition coefficient (Wildman–Crippen LogP) is 1.46. The Kier molecular flexibility index (Phi) is 4.55. The van der Waals surface area contributed by atoms with Crippen LogP contribution in [-0.4, -0.2) is 43.7 Å². The van der Waals surface area contributed by atoms with Crippen molar-refractivity contribution in [3.05, 3.63) is 20.8 Å². The number of ether oxygens (including phenoxy) is 1. The number of halogens is 1. The first-order valence-electron chi connectivity index (χ1n) is 5.47. The maximum Gasteiger partial charge on any atom is 0.239 e. The van der Waals surface area contributed by atoms with Crippen LogP contribution in [0.2, 0.25) is 0 Å². The number of nitrogens with one attached hydrogen (secondary N) is 1. The van der Waals surface area contributed by atoms with Gasteiger partial charge in [0.1, 0.15) is 6.04 Å². The number of morpholine rings is 1. The Morgan fingerprint density at radius 2 is 2.59 bits per heavy atom. The smallest absolute Gasteiger partial charge is 0.239 e. The number of rotatable bonds is 3. The van der Waals surface area contributed by atoms with Crippen LogP contribution in [0.25, 0.3) is 0 Å². The van der Waals surface area contributed by atoms with Gasteiger partial charge in [-0.1, -0.05) is 0 Å². The van der Waals surface area contributed by atoms with Crippen molar-refractivity contribution >= 4 is 33.2 Å². The van der Waals surface area contributed by atoms with E-state index in [1.807, 2.05) is 0 Å². The van der Waals surface area contributed by atoms with E-state index in [1.54, 1.807) is 18.4 Å². The van der Waals surface area contributed by atoms with E-state index in [2.05, 4.69) is 37.6 Å². The molecule has 1 aromatic heterocycles. The largest absolute Gasteiger partial charge is 0.378 e. The van der Waals surface area contributed by atoms with Crippen LogP contribution in [0.4, 0.5) is 0 Å². The number of nitrogens with zero attached hydrogens (tertiary/aromatic N) is 1. The van der Waals surface area contributed by atoms with E-state index in [1.165, 1.54) is 4.88 Å². The first-order valence-corrected chi connectivity index (χ1v) is 7.14. The molecule has 1 saturated heterocycles. The van der Waals surface area contributed by atoms with E-state index < -0.39 is 0 Å². The third-order valence-electron chi connectivity index (χ3n) is 2.77. The average Bonchev–Trinajstić information content (AvgIpc) is 2.74. The van der Waals surface area contributed by atoms with Crippen molar-refractivity contribution in [1.29, 1.82) is 0 Å². The third-order valence-corrected chi connectivity index (χ3v) is 4.45. The molecule has 1 aliphatic rings. The van der Waals surface area contributed by atoms with Crippen LogP contribution in [0.1, 0.15) is 4.88 Å². The van der Waals surface area contributed by atoms with Crippen molar-refractivity contribution in [2.24, 2.45) is 0 Å². The Balaban J connectivity index is 2.03. The summed E-state index contributed by atoms with van der Waals surface area (Å²) in [6.45, 7) is 2.78. The molecular formula is C11H15BrN2O2S. The fraction of sp³-hybridized carbons (Fsp3) is 0.545. The second-order valence-corrected chi connectivity index (χ2v) is 5.82. The molecule has 1 aromatic rings. The maximum atomic E-state index is 11.7. The van der Waals surface area contributed by atoms with Gasteiger partial charge in [0.05, 0.1) is 13.2 Å². The highest BCUT2D eigenvalue weighted by Crippen LogP contribution is 2.22. The van der Waals surface area contributed by atoms with Crippen LogP contribution < -0.4 is 5.32 Å². The summed E-state index contributed by atoms with van der Waals surface area (Å²) in [6.07, 6.45) is 0. The molecule has 0 aromatic carbocycles. The minimum Gasteiger partial charge on any atom is -0.378 e. The number of thiophene rings is 1. The van der Waals surface area contributed by atoms with Gasteiger partial charge in [-0.2, -0.15) is 0 Å². The Hall–Kier alpha value is -0.430. The number of carbonyl (C=O) groups excluding carboxylic acids is 1. The molecular weight excluding hydrogens is 304 g/mol. The zero-order valence-electron chi connectivity index (χ0n) is 9.61. The van der Waals surface area contributed by atoms with Gasteiger partial charge in [0.25, 0.3) is 0 Å². The Morgan fingerprint density at radius 3 is 3.24 bits per heavy atom. The van der Waals surface area contributed by atoms with E-state index >= 15 is 0 Å². The Labute approximate surface area is 113 Å². The van der Waals surface area contributed by atoms with Crippen molar-refractivity contribution in [3.8, 4) is 0 Å². The second-order valence-electron chi connectivity index (χ2n) is 3.91. The minimum atomic E-state index is -0.172. The molecule has 2 rings (SSSR count). The van der Waals surface area contributed by atoms with Crippen LogP contribution >= 0.6 is 27.3 Å². The molecule has 0 spiro atoms. The highest BCUT2D eigenvalue weighted by Gasteiger charge is 2.28. The topological polar surface area (TPSA) is 41.6 Å². The molecule has 4 nitrogen and oxygen atoms in total. The summed E-state index contributed by atoms with van der Waals surface area (Å²) >= 11 is 5.15. The predicted molar refractivity (Wildman–Crippen MR) is 71.1 cm³/mol. The van der Waals surface area contributed by atoms with Gasteiger partial charge in [-0.3, -0.25) is 9.69 Å². The van der Waals surface area contributed by atoms with Crippen molar-refractivity contribution in [2.45, 2.75) is 12.6 Å². The Morgan fingerprint density at radius 1 is 1.76 bits per heavy atom. The van der Waals surface area contributed by atoms with Gasteiger partial charge in [0.2, 0.25) is 5.91 Å². The van der Waals surface area contributed by atoms with Crippen molar-refractivity contribution in [2.75, 3.05) is 26.8 Å². The summed E-state index contributed by atoms with van der Waals surface area (Å²) in [4.78, 5) is 15.2. The van der Waals surface area contributed by atoms with E-state index in [4.69, 9.17) is 4.74 Å². The van der Waals surface area contributed by atoms with Crippen molar-refractivity contribution < 1.29 is 9.53 Å². The van der Waals surface area contributed by atoms with Crippen LogP contribution in [0.5, 0.6) is 0 Å². The summed E-state index contributed by atoms with van der Waals surface area (Å²) in [7, 11) is 1.66. The van der Waals surface area contributed by atoms with Gasteiger partial charge in [0.15, 0.2) is 0 Å². The fourth-order valence-corrected chi connectivity index (χ4v) is 3.35. The standard InChI is InChI=1S/C11H15BrN2O2S/c1-13-11(15)10-6-16-3-2-14(10)5-9-4-8(12)7-17-9/h4,7,10H,2-3,5-6H2,1H3,(H,13,15). The second kappa shape index (κ2) is 5.95. The molecule has 1 unspecified atom stereocenters. The molecule has 0 radical (unpaired) electrons. The van der Waals surface area contributed by atoms with Gasteiger partial charge in [-0.25, -0.2) is 0 Å². The zero-order chi connectivity index (χ0) is 12.3. The van der Waals surface area contributed by atoms with Gasteiger partial charge in [0, 0.05) is 34.9 Å². The molecule has 6 heteroatoms. The SMILES string of the molecule is CNC(=O)C1COCCN1Cc1cc(Br)cs1. The summed E-state index contributed by atoms with van der Waals surface area (Å²) in [6, 6.07) is 1.93. The zero-order valence-corrected chi connectivity index (χ0v) is 12.0. The van der Waals surface area contributed by atoms with E-state index in [-0.39, 0.29) is 11.9 Å². The fourth-order valence-electron chi connectivity index (χ4n) is 1.87. The van der Waals surface area contributed by atoms with Crippen molar-refractivity contribution in [3.63, 3.8) is 0 Å². The average molecular weight is 319 g/mol. The normalized spacial score (nSPS) is 21.4. The highest BCUT2D eigenvalue weighted by molar-refractivity contribution is 9.10. The lowest BCUT2D eigenvalue weighted by Gasteiger charge is -2.33. The highest BCUT2D eigenvalue weighted by atomic mass is 79.9. The molecule has 1 atom stereocenters. The first-order chi connectivity index (χ1) is 8.20. The van der Waals surface area contributed by atoms with Crippen LogP contribution in [0.15, 0.2) is 15.9 Å². The monoisotopic (exact) mass is 318 g/mol. The summed E-state index contributed by atoms with van der Waals surface area (Å²) in [5.74, 6) is 0.0281. The lowest BCUT2D eigenvalue weighted by Crippen LogP contribution is -2.52. The molecule has 2 heterocycles. The van der Waals surface area contributed by atoms with Gasteiger partial charge in [-0.05, 0) is 22.0 Å². The number of amides is 1. The summed E-state index contributed by atoms with van der Waals surface area (Å²) in [5, 5.41) is 4.75. The molecule has 17 heavy (non-hydrogen) atoms. The van der Waals surface area contributed by atoms with Gasteiger partial charge < -0.3 is 10.1 Å². The maximum absolute atomic E-state index is 11.7. The van der Waals surface area contributed by atoms with Crippen LogP contribution in [0, 0.1) is 0 Å². The van der Waals surface area contributed by atoms with Gasteiger partial charge in [-0.15, -0.1) is 11.3 Å². The molecule has 0 bridgehead atoms. The lowest BCUT2D eigenvalue weighted by atomic mass is 10.2. The van der Waals surface area contributed by atoms with Crippen molar-refractivity contribution in [1.82, 2.24) is 10.2 Å². The number of carbonyl (C=O) groups is 1. The minimum absolute atomic E-state index is 0.0281. The first kappa shape index (κ1) is 13.0. The van der Waals surface area contributed by atoms with E-state index in [0.717, 1.165) is 17.6 Å². The number of likely N-dealkylation sites (N-methyl/N-ethyl adjacent to an activating group) is 1. The molecule has 1 fully saturated rings. The Bertz CT molecular complexity index is 397. The molecule has 0 aliphatic carbocycles. The third kappa shape index (κ3) is 3.28. The summed E-state index contributed by atoms with van der Waals surface area (Å²) in [5.41, 5.74) is 0. The van der Waals surface area contributed by atoms with E-state index in [9.17, 15) is 4.79 Å². The molecule has 1 aliphatic heterocycles. The number of hydrogen-bond donors (Lipinski definition) is 1. The van der Waals surface area contributed by atoms with E-state index in [0.29, 0.717) is 13.2 Å². The summed E-state index contributed by atoms with van der Waals surface area (Å²) < 4.78 is 6.47. The van der Waals surface area contributed by atoms with Gasteiger partial charge >= 0.3 is 0 Å². The quantitative estimate of drug-likeness (QED) is 0.917. The van der Waals surface area contributed by atoms with Crippen LogP contribution in [-0.2, 0) is 16.1 Å². The molecule has 0 saturated carbocycles. The van der Waals surface area contributed by atoms with Crippen LogP contribution in [0.3, 0.4) is 0 Å². The lowest BCUT2D eigenvalue weighted by molar-refractivity contribution is -0.132. The molecule has 94 valence electrons. The molecule has 1 amide bonds. The molecule has 1 N–H and O–H groups in total. The number of hydrogen-bond acceptors (Lipinski definition) is 4.